The Kier molecular flexibility index (Phi) is 6.51. The second-order valence-corrected chi connectivity index (χ2v) is 5.04. The minimum Gasteiger partial charge on any atom is -0.394 e. The summed E-state index contributed by atoms with van der Waals surface area (Å²) in [6.07, 6.45) is 2.09. The monoisotopic (exact) mass is 297 g/mol. The summed E-state index contributed by atoms with van der Waals surface area (Å²) in [6.45, 7) is 3.46. The number of amides is 1. The number of nitrogens with one attached hydrogen (secondary N) is 1. The van der Waals surface area contributed by atoms with Gasteiger partial charge in [0.25, 0.3) is 11.5 Å². The first kappa shape index (κ1) is 17.3. The van der Waals surface area contributed by atoms with Crippen molar-refractivity contribution in [1.29, 1.82) is 0 Å². The highest BCUT2D eigenvalue weighted by Gasteiger charge is 2.29. The summed E-state index contributed by atoms with van der Waals surface area (Å²) in [4.78, 5) is 23.8. The van der Waals surface area contributed by atoms with Crippen LogP contribution in [-0.4, -0.2) is 44.7 Å². The van der Waals surface area contributed by atoms with Crippen LogP contribution in [-0.2, 0) is 6.54 Å². The van der Waals surface area contributed by atoms with Gasteiger partial charge in [-0.3, -0.25) is 9.59 Å². The van der Waals surface area contributed by atoms with Crippen molar-refractivity contribution in [1.82, 2.24) is 15.1 Å². The maximum absolute atomic E-state index is 12.2. The molecule has 0 saturated carbocycles. The summed E-state index contributed by atoms with van der Waals surface area (Å²) in [7, 11) is 0. The van der Waals surface area contributed by atoms with Gasteiger partial charge in [0.15, 0.2) is 0 Å². The maximum atomic E-state index is 12.2. The van der Waals surface area contributed by atoms with Gasteiger partial charge in [0.05, 0.1) is 18.8 Å². The highest BCUT2D eigenvalue weighted by molar-refractivity contribution is 5.92. The molecule has 0 bridgehead atoms. The van der Waals surface area contributed by atoms with Crippen molar-refractivity contribution in [2.75, 3.05) is 13.2 Å². The van der Waals surface area contributed by atoms with Gasteiger partial charge < -0.3 is 15.5 Å². The van der Waals surface area contributed by atoms with Crippen molar-refractivity contribution in [2.24, 2.45) is 0 Å². The molecule has 0 aliphatic carbocycles. The van der Waals surface area contributed by atoms with E-state index in [1.807, 2.05) is 6.92 Å². The summed E-state index contributed by atoms with van der Waals surface area (Å²) >= 11 is 0. The first-order valence-corrected chi connectivity index (χ1v) is 7.14. The second-order valence-electron chi connectivity index (χ2n) is 5.04. The van der Waals surface area contributed by atoms with Crippen molar-refractivity contribution in [3.8, 4) is 0 Å². The normalized spacial score (nSPS) is 11.4. The van der Waals surface area contributed by atoms with Crippen molar-refractivity contribution in [3.05, 3.63) is 28.2 Å². The number of rotatable bonds is 8. The fraction of sp³-hybridized carbons (Fsp3) is 0.643. The molecule has 0 radical (unpaired) electrons. The van der Waals surface area contributed by atoms with E-state index in [2.05, 4.69) is 10.4 Å². The van der Waals surface area contributed by atoms with Gasteiger partial charge in [-0.1, -0.05) is 20.3 Å². The van der Waals surface area contributed by atoms with Crippen LogP contribution in [0.25, 0.3) is 0 Å². The van der Waals surface area contributed by atoms with Crippen LogP contribution in [0.3, 0.4) is 0 Å². The second kappa shape index (κ2) is 7.90. The van der Waals surface area contributed by atoms with Crippen LogP contribution in [0.4, 0.5) is 0 Å². The fourth-order valence-electron chi connectivity index (χ4n) is 1.78. The third-order valence-electron chi connectivity index (χ3n) is 3.48. The summed E-state index contributed by atoms with van der Waals surface area (Å²) < 4.78 is 1.25. The minimum absolute atomic E-state index is 0.0884. The number of nitrogens with zero attached hydrogens (tertiary/aromatic N) is 2. The lowest BCUT2D eigenvalue weighted by Gasteiger charge is -2.29. The van der Waals surface area contributed by atoms with Crippen LogP contribution in [0.15, 0.2) is 16.9 Å². The number of hydrogen-bond acceptors (Lipinski definition) is 5. The highest BCUT2D eigenvalue weighted by Crippen LogP contribution is 2.09. The number of aliphatic hydroxyl groups excluding tert-OH is 2. The van der Waals surface area contributed by atoms with Crippen LogP contribution >= 0.6 is 0 Å². The lowest BCUT2D eigenvalue weighted by Crippen LogP contribution is -2.54. The Labute approximate surface area is 123 Å². The number of hydrogen-bond donors (Lipinski definition) is 3. The van der Waals surface area contributed by atoms with Crippen molar-refractivity contribution >= 4 is 5.91 Å². The molecule has 0 spiro atoms. The molecule has 0 aromatic carbocycles. The lowest BCUT2D eigenvalue weighted by molar-refractivity contribution is 0.0647. The molecule has 7 nitrogen and oxygen atoms in total. The van der Waals surface area contributed by atoms with Gasteiger partial charge in [-0.05, 0) is 18.9 Å². The van der Waals surface area contributed by atoms with Crippen molar-refractivity contribution < 1.29 is 15.0 Å². The molecule has 7 heteroatoms. The molecule has 1 aromatic heterocycles. The van der Waals surface area contributed by atoms with E-state index in [1.165, 1.54) is 16.8 Å². The quantitative estimate of drug-likeness (QED) is 0.622. The highest BCUT2D eigenvalue weighted by atomic mass is 16.3. The number of carbonyl (C=O) groups is 1. The van der Waals surface area contributed by atoms with Crippen LogP contribution in [0.2, 0.25) is 0 Å². The number of aliphatic hydroxyl groups is 2. The van der Waals surface area contributed by atoms with Crippen LogP contribution in [0.1, 0.15) is 43.6 Å². The molecule has 0 unspecified atom stereocenters. The molecule has 0 saturated heterocycles. The van der Waals surface area contributed by atoms with Gasteiger partial charge in [0.1, 0.15) is 5.69 Å². The maximum Gasteiger partial charge on any atom is 0.272 e. The summed E-state index contributed by atoms with van der Waals surface area (Å²) in [5.74, 6) is -0.523. The predicted molar refractivity (Wildman–Crippen MR) is 78.1 cm³/mol. The molecule has 0 atom stereocenters. The van der Waals surface area contributed by atoms with Crippen LogP contribution in [0.5, 0.6) is 0 Å². The standard InChI is InChI=1S/C14H23N3O4/c1-3-5-8-17-12(20)7-6-11(16-17)13(21)15-14(4-2,9-18)10-19/h6-7,18-19H,3-5,8-10H2,1-2H3,(H,15,21). The van der Waals surface area contributed by atoms with Gasteiger partial charge in [0, 0.05) is 12.6 Å². The first-order chi connectivity index (χ1) is 10.0. The van der Waals surface area contributed by atoms with Gasteiger partial charge in [-0.25, -0.2) is 4.68 Å². The van der Waals surface area contributed by atoms with E-state index in [0.717, 1.165) is 12.8 Å². The molecule has 1 rings (SSSR count). The van der Waals surface area contributed by atoms with Crippen LogP contribution < -0.4 is 10.9 Å². The molecule has 1 aromatic rings. The van der Waals surface area contributed by atoms with Crippen molar-refractivity contribution in [3.63, 3.8) is 0 Å². The topological polar surface area (TPSA) is 104 Å². The van der Waals surface area contributed by atoms with E-state index < -0.39 is 11.4 Å². The van der Waals surface area contributed by atoms with E-state index in [0.29, 0.717) is 13.0 Å². The largest absolute Gasteiger partial charge is 0.394 e. The Hall–Kier alpha value is -1.73. The third kappa shape index (κ3) is 4.37. The molecule has 1 heterocycles. The molecule has 0 fully saturated rings. The number of unbranched alkanes of at least 4 members (excludes halogenated alkanes) is 1. The average Bonchev–Trinajstić information content (AvgIpc) is 2.51. The Morgan fingerprint density at radius 1 is 1.33 bits per heavy atom. The Morgan fingerprint density at radius 2 is 2.00 bits per heavy atom. The third-order valence-corrected chi connectivity index (χ3v) is 3.48. The number of aryl methyl sites for hydroxylation is 1. The van der Waals surface area contributed by atoms with Gasteiger partial charge in [-0.2, -0.15) is 5.10 Å². The summed E-state index contributed by atoms with van der Waals surface area (Å²) in [6, 6.07) is 2.64. The summed E-state index contributed by atoms with van der Waals surface area (Å²) in [5, 5.41) is 25.3. The SMILES string of the molecule is CCCCn1nc(C(=O)NC(CC)(CO)CO)ccc1=O. The molecule has 3 N–H and O–H groups in total. The van der Waals surface area contributed by atoms with Gasteiger partial charge in [0.2, 0.25) is 0 Å². The zero-order valence-corrected chi connectivity index (χ0v) is 12.5. The molecule has 21 heavy (non-hydrogen) atoms. The van der Waals surface area contributed by atoms with E-state index in [4.69, 9.17) is 0 Å². The molecule has 118 valence electrons. The average molecular weight is 297 g/mol. The lowest BCUT2D eigenvalue weighted by atomic mass is 9.98. The Morgan fingerprint density at radius 3 is 2.52 bits per heavy atom. The van der Waals surface area contributed by atoms with Gasteiger partial charge >= 0.3 is 0 Å². The van der Waals surface area contributed by atoms with Crippen LogP contribution in [0, 0.1) is 0 Å². The molecule has 1 amide bonds. The van der Waals surface area contributed by atoms with E-state index >= 15 is 0 Å². The zero-order chi connectivity index (χ0) is 15.9. The van der Waals surface area contributed by atoms with E-state index in [-0.39, 0.29) is 24.5 Å². The Bertz CT molecular complexity index is 515. The molecule has 0 aliphatic heterocycles. The van der Waals surface area contributed by atoms with E-state index in [1.54, 1.807) is 6.92 Å². The fourth-order valence-corrected chi connectivity index (χ4v) is 1.78. The molecular weight excluding hydrogens is 274 g/mol. The van der Waals surface area contributed by atoms with Crippen molar-refractivity contribution in [2.45, 2.75) is 45.2 Å². The zero-order valence-electron chi connectivity index (χ0n) is 12.5. The number of aromatic nitrogens is 2. The predicted octanol–water partition coefficient (Wildman–Crippen LogP) is -0.0934. The number of carbonyl (C=O) groups excluding carboxylic acids is 1. The molecule has 0 aliphatic rings. The first-order valence-electron chi connectivity index (χ1n) is 7.14. The molecular formula is C14H23N3O4. The smallest absolute Gasteiger partial charge is 0.272 e. The summed E-state index contributed by atoms with van der Waals surface area (Å²) in [5.41, 5.74) is -1.25. The Balaban J connectivity index is 2.94. The minimum atomic E-state index is -1.08. The van der Waals surface area contributed by atoms with E-state index in [9.17, 15) is 19.8 Å². The van der Waals surface area contributed by atoms with Gasteiger partial charge in [-0.15, -0.1) is 0 Å².